The van der Waals surface area contributed by atoms with Gasteiger partial charge in [-0.2, -0.15) is 0 Å². The van der Waals surface area contributed by atoms with Crippen LogP contribution in [0.1, 0.15) is 35.2 Å². The highest BCUT2D eigenvalue weighted by molar-refractivity contribution is 5.31. The molecule has 2 heterocycles. The predicted octanol–water partition coefficient (Wildman–Crippen LogP) is 3.70. The van der Waals surface area contributed by atoms with Crippen molar-refractivity contribution in [2.24, 2.45) is 0 Å². The molecule has 0 bridgehead atoms. The number of aromatic nitrogens is 1. The van der Waals surface area contributed by atoms with E-state index in [4.69, 9.17) is 0 Å². The molecule has 0 radical (unpaired) electrons. The van der Waals surface area contributed by atoms with Gasteiger partial charge in [0.25, 0.3) is 0 Å². The van der Waals surface area contributed by atoms with Gasteiger partial charge in [-0.15, -0.1) is 0 Å². The number of benzene rings is 1. The Balaban J connectivity index is 1.67. The van der Waals surface area contributed by atoms with Crippen LogP contribution in [0.3, 0.4) is 0 Å². The van der Waals surface area contributed by atoms with Crippen LogP contribution < -0.4 is 0 Å². The molecule has 1 fully saturated rings. The van der Waals surface area contributed by atoms with Gasteiger partial charge < -0.3 is 4.98 Å². The Bertz CT molecular complexity index is 536. The van der Waals surface area contributed by atoms with Crippen molar-refractivity contribution in [2.75, 3.05) is 13.1 Å². The van der Waals surface area contributed by atoms with E-state index in [-0.39, 0.29) is 0 Å². The minimum absolute atomic E-state index is 1.10. The van der Waals surface area contributed by atoms with Crippen LogP contribution in [-0.4, -0.2) is 23.0 Å². The molecular formula is C18H24N2. The van der Waals surface area contributed by atoms with Gasteiger partial charge in [-0.1, -0.05) is 30.3 Å². The van der Waals surface area contributed by atoms with E-state index in [1.165, 1.54) is 48.3 Å². The molecule has 2 aromatic rings. The van der Waals surface area contributed by atoms with Crippen LogP contribution in [-0.2, 0) is 19.4 Å². The van der Waals surface area contributed by atoms with Gasteiger partial charge in [0.15, 0.2) is 0 Å². The highest BCUT2D eigenvalue weighted by Crippen LogP contribution is 2.20. The maximum absolute atomic E-state index is 3.50. The zero-order valence-corrected chi connectivity index (χ0v) is 12.4. The minimum atomic E-state index is 1.10. The normalized spacial score (nSPS) is 15.8. The van der Waals surface area contributed by atoms with Gasteiger partial charge in [-0.05, 0) is 62.4 Å². The second-order valence-electron chi connectivity index (χ2n) is 5.90. The zero-order valence-electron chi connectivity index (χ0n) is 12.4. The standard InChI is InChI=1S/C18H24N2/c1-15-13-19-18(14-20-11-5-6-12-20)17(15)10-9-16-7-3-2-4-8-16/h2-4,7-8,13,19H,5-6,9-12,14H2,1H3. The number of aromatic amines is 1. The molecule has 2 heteroatoms. The Morgan fingerprint density at radius 2 is 1.80 bits per heavy atom. The molecule has 0 aliphatic carbocycles. The SMILES string of the molecule is Cc1c[nH]c(CN2CCCC2)c1CCc1ccccc1. The largest absolute Gasteiger partial charge is 0.363 e. The number of hydrogen-bond donors (Lipinski definition) is 1. The number of nitrogens with one attached hydrogen (secondary N) is 1. The highest BCUT2D eigenvalue weighted by Gasteiger charge is 2.15. The third-order valence-corrected chi connectivity index (χ3v) is 4.39. The molecular weight excluding hydrogens is 244 g/mol. The van der Waals surface area contributed by atoms with Crippen LogP contribution in [0.15, 0.2) is 36.5 Å². The van der Waals surface area contributed by atoms with Crippen LogP contribution in [0.5, 0.6) is 0 Å². The summed E-state index contributed by atoms with van der Waals surface area (Å²) in [4.78, 5) is 6.06. The van der Waals surface area contributed by atoms with E-state index < -0.39 is 0 Å². The summed E-state index contributed by atoms with van der Waals surface area (Å²) >= 11 is 0. The van der Waals surface area contributed by atoms with Crippen molar-refractivity contribution >= 4 is 0 Å². The summed E-state index contributed by atoms with van der Waals surface area (Å²) in [6, 6.07) is 10.8. The molecule has 1 aromatic heterocycles. The maximum atomic E-state index is 3.50. The molecule has 1 aliphatic heterocycles. The average Bonchev–Trinajstić information content (AvgIpc) is 3.09. The molecule has 0 atom stereocenters. The summed E-state index contributed by atoms with van der Waals surface area (Å²) in [6.07, 6.45) is 7.17. The van der Waals surface area contributed by atoms with Gasteiger partial charge in [0.05, 0.1) is 0 Å². The van der Waals surface area contributed by atoms with Gasteiger partial charge >= 0.3 is 0 Å². The maximum Gasteiger partial charge on any atom is 0.0387 e. The van der Waals surface area contributed by atoms with E-state index in [2.05, 4.69) is 53.3 Å². The molecule has 1 saturated heterocycles. The van der Waals surface area contributed by atoms with Crippen LogP contribution in [0.4, 0.5) is 0 Å². The highest BCUT2D eigenvalue weighted by atomic mass is 15.1. The third kappa shape index (κ3) is 3.13. The van der Waals surface area contributed by atoms with Crippen LogP contribution in [0.25, 0.3) is 0 Å². The third-order valence-electron chi connectivity index (χ3n) is 4.39. The van der Waals surface area contributed by atoms with Gasteiger partial charge in [0.1, 0.15) is 0 Å². The average molecular weight is 268 g/mol. The first-order valence-corrected chi connectivity index (χ1v) is 7.75. The molecule has 0 amide bonds. The molecule has 2 nitrogen and oxygen atoms in total. The second kappa shape index (κ2) is 6.27. The Morgan fingerprint density at radius 3 is 2.55 bits per heavy atom. The van der Waals surface area contributed by atoms with Crippen LogP contribution >= 0.6 is 0 Å². The van der Waals surface area contributed by atoms with Crippen molar-refractivity contribution in [3.63, 3.8) is 0 Å². The number of aryl methyl sites for hydroxylation is 2. The monoisotopic (exact) mass is 268 g/mol. The van der Waals surface area contributed by atoms with E-state index >= 15 is 0 Å². The van der Waals surface area contributed by atoms with Gasteiger partial charge in [0.2, 0.25) is 0 Å². The fourth-order valence-electron chi connectivity index (χ4n) is 3.18. The lowest BCUT2D eigenvalue weighted by atomic mass is 10.0. The fraction of sp³-hybridized carbons (Fsp3) is 0.444. The Hall–Kier alpha value is -1.54. The van der Waals surface area contributed by atoms with E-state index in [9.17, 15) is 0 Å². The number of likely N-dealkylation sites (tertiary alicyclic amines) is 1. The Kier molecular flexibility index (Phi) is 4.22. The van der Waals surface area contributed by atoms with Crippen molar-refractivity contribution < 1.29 is 0 Å². The summed E-state index contributed by atoms with van der Waals surface area (Å²) < 4.78 is 0. The number of H-pyrrole nitrogens is 1. The molecule has 1 aliphatic rings. The first-order valence-electron chi connectivity index (χ1n) is 7.75. The summed E-state index contributed by atoms with van der Waals surface area (Å²) in [7, 11) is 0. The predicted molar refractivity (Wildman–Crippen MR) is 83.9 cm³/mol. The fourth-order valence-corrected chi connectivity index (χ4v) is 3.18. The first-order chi connectivity index (χ1) is 9.83. The van der Waals surface area contributed by atoms with E-state index in [1.54, 1.807) is 0 Å². The smallest absolute Gasteiger partial charge is 0.0387 e. The minimum Gasteiger partial charge on any atom is -0.363 e. The summed E-state index contributed by atoms with van der Waals surface area (Å²) in [6.45, 7) is 5.84. The van der Waals surface area contributed by atoms with Crippen molar-refractivity contribution in [2.45, 2.75) is 39.2 Å². The van der Waals surface area contributed by atoms with Gasteiger partial charge in [-0.25, -0.2) is 0 Å². The number of rotatable bonds is 5. The second-order valence-corrected chi connectivity index (χ2v) is 5.90. The summed E-state index contributed by atoms with van der Waals surface area (Å²) in [5.74, 6) is 0. The molecule has 1 aromatic carbocycles. The number of nitrogens with zero attached hydrogens (tertiary/aromatic N) is 1. The molecule has 0 saturated carbocycles. The van der Waals surface area contributed by atoms with Crippen molar-refractivity contribution in [3.05, 3.63) is 58.9 Å². The zero-order chi connectivity index (χ0) is 13.8. The molecule has 1 N–H and O–H groups in total. The summed E-state index contributed by atoms with van der Waals surface area (Å²) in [5, 5.41) is 0. The molecule has 0 spiro atoms. The van der Waals surface area contributed by atoms with Crippen LogP contribution in [0.2, 0.25) is 0 Å². The lowest BCUT2D eigenvalue weighted by molar-refractivity contribution is 0.326. The first kappa shape index (κ1) is 13.4. The number of hydrogen-bond acceptors (Lipinski definition) is 1. The van der Waals surface area contributed by atoms with Crippen molar-refractivity contribution in [1.82, 2.24) is 9.88 Å². The van der Waals surface area contributed by atoms with E-state index in [1.807, 2.05) is 0 Å². The Morgan fingerprint density at radius 1 is 1.05 bits per heavy atom. The molecule has 106 valence electrons. The molecule has 0 unspecified atom stereocenters. The molecule has 20 heavy (non-hydrogen) atoms. The lowest BCUT2D eigenvalue weighted by Crippen LogP contribution is -2.19. The van der Waals surface area contributed by atoms with Crippen molar-refractivity contribution in [1.29, 1.82) is 0 Å². The molecule has 3 rings (SSSR count). The summed E-state index contributed by atoms with van der Waals surface area (Å²) in [5.41, 5.74) is 5.80. The lowest BCUT2D eigenvalue weighted by Gasteiger charge is -2.15. The topological polar surface area (TPSA) is 19.0 Å². The van der Waals surface area contributed by atoms with Gasteiger partial charge in [-0.3, -0.25) is 4.90 Å². The van der Waals surface area contributed by atoms with Crippen LogP contribution in [0, 0.1) is 6.92 Å². The quantitative estimate of drug-likeness (QED) is 0.876. The van der Waals surface area contributed by atoms with Crippen molar-refractivity contribution in [3.8, 4) is 0 Å². The Labute approximate surface area is 121 Å². The van der Waals surface area contributed by atoms with E-state index in [0.29, 0.717) is 0 Å². The van der Waals surface area contributed by atoms with Gasteiger partial charge in [0, 0.05) is 18.4 Å². The van der Waals surface area contributed by atoms with E-state index in [0.717, 1.165) is 19.4 Å².